The van der Waals surface area contributed by atoms with Gasteiger partial charge in [0.2, 0.25) is 0 Å². The van der Waals surface area contributed by atoms with Crippen molar-refractivity contribution in [2.24, 2.45) is 0 Å². The molecule has 0 aliphatic rings. The molecular weight excluding hydrogens is 320 g/mol. The van der Waals surface area contributed by atoms with Crippen LogP contribution in [0.15, 0.2) is 24.3 Å². The first-order valence-corrected chi connectivity index (χ1v) is 7.80. The lowest BCUT2D eigenvalue weighted by molar-refractivity contribution is 0.0844. The maximum atomic E-state index is 12.3. The van der Waals surface area contributed by atoms with Gasteiger partial charge in [-0.1, -0.05) is 6.07 Å². The number of nitrogens with zero attached hydrogens (tertiary/aromatic N) is 1. The molecule has 2 rings (SSSR count). The molecule has 0 saturated carbocycles. The molecule has 25 heavy (non-hydrogen) atoms. The molecule has 2 aromatic rings. The molecule has 0 unspecified atom stereocenters. The summed E-state index contributed by atoms with van der Waals surface area (Å²) >= 11 is 0. The number of amides is 2. The number of carbonyl (C=O) groups is 3. The van der Waals surface area contributed by atoms with Crippen LogP contribution in [0.2, 0.25) is 0 Å². The normalized spacial score (nSPS) is 10.3. The quantitative estimate of drug-likeness (QED) is 0.585. The second-order valence-corrected chi connectivity index (χ2v) is 6.03. The van der Waals surface area contributed by atoms with Crippen molar-refractivity contribution in [2.75, 3.05) is 19.0 Å². The number of carbonyl (C=O) groups excluding carboxylic acids is 3. The summed E-state index contributed by atoms with van der Waals surface area (Å²) in [5.41, 5.74) is 8.00. The van der Waals surface area contributed by atoms with E-state index in [2.05, 4.69) is 15.8 Å². The number of H-pyrrole nitrogens is 1. The third-order valence-electron chi connectivity index (χ3n) is 3.93. The average Bonchev–Trinajstić information content (AvgIpc) is 2.87. The lowest BCUT2D eigenvalue weighted by Gasteiger charge is -2.13. The number of aryl methyl sites for hydroxylation is 1. The van der Waals surface area contributed by atoms with Crippen molar-refractivity contribution in [3.05, 3.63) is 52.3 Å². The topological polar surface area (TPSA) is 94.3 Å². The standard InChI is InChI=1S/C18H22N4O3/c1-10-15(12(3)23)11(2)19-16(10)18(25)21-20-17(24)13-7-6-8-14(9-13)22(4)5/h6-9,19H,1-5H3,(H,20,24)(H,21,25). The van der Waals surface area contributed by atoms with Crippen molar-refractivity contribution in [3.8, 4) is 0 Å². The van der Waals surface area contributed by atoms with Crippen LogP contribution in [-0.2, 0) is 0 Å². The molecule has 3 N–H and O–H groups in total. The Kier molecular flexibility index (Phi) is 5.26. The van der Waals surface area contributed by atoms with Crippen LogP contribution in [-0.4, -0.2) is 36.7 Å². The fourth-order valence-electron chi connectivity index (χ4n) is 2.68. The molecule has 2 amide bonds. The minimum absolute atomic E-state index is 0.116. The zero-order valence-electron chi connectivity index (χ0n) is 15.0. The van der Waals surface area contributed by atoms with E-state index >= 15 is 0 Å². The van der Waals surface area contributed by atoms with Crippen molar-refractivity contribution in [2.45, 2.75) is 20.8 Å². The van der Waals surface area contributed by atoms with E-state index in [0.717, 1.165) is 5.69 Å². The monoisotopic (exact) mass is 342 g/mol. The van der Waals surface area contributed by atoms with Crippen molar-refractivity contribution < 1.29 is 14.4 Å². The smallest absolute Gasteiger partial charge is 0.286 e. The summed E-state index contributed by atoms with van der Waals surface area (Å²) in [6.45, 7) is 4.87. The number of hydrogen-bond acceptors (Lipinski definition) is 4. The molecule has 0 spiro atoms. The number of benzene rings is 1. The van der Waals surface area contributed by atoms with Crippen molar-refractivity contribution in [1.82, 2.24) is 15.8 Å². The summed E-state index contributed by atoms with van der Waals surface area (Å²) in [5.74, 6) is -1.05. The van der Waals surface area contributed by atoms with Crippen molar-refractivity contribution >= 4 is 23.3 Å². The first kappa shape index (κ1) is 18.3. The van der Waals surface area contributed by atoms with E-state index in [4.69, 9.17) is 0 Å². The molecule has 7 nitrogen and oxygen atoms in total. The lowest BCUT2D eigenvalue weighted by atomic mass is 10.1. The lowest BCUT2D eigenvalue weighted by Crippen LogP contribution is -2.42. The van der Waals surface area contributed by atoms with Crippen LogP contribution in [0.1, 0.15) is 49.4 Å². The molecule has 1 heterocycles. The van der Waals surface area contributed by atoms with Gasteiger partial charge in [-0.15, -0.1) is 0 Å². The number of Topliss-reactive ketones (excluding diaryl/α,β-unsaturated/α-hetero) is 1. The molecule has 0 aliphatic heterocycles. The van der Waals surface area contributed by atoms with Gasteiger partial charge in [0.15, 0.2) is 5.78 Å². The highest BCUT2D eigenvalue weighted by Crippen LogP contribution is 2.18. The number of anilines is 1. The Labute approximate surface area is 146 Å². The highest BCUT2D eigenvalue weighted by atomic mass is 16.2. The van der Waals surface area contributed by atoms with E-state index in [9.17, 15) is 14.4 Å². The molecular formula is C18H22N4O3. The van der Waals surface area contributed by atoms with Gasteiger partial charge in [-0.25, -0.2) is 0 Å². The Bertz CT molecular complexity index is 837. The van der Waals surface area contributed by atoms with Crippen molar-refractivity contribution in [1.29, 1.82) is 0 Å². The number of hydrogen-bond donors (Lipinski definition) is 3. The average molecular weight is 342 g/mol. The first-order valence-electron chi connectivity index (χ1n) is 7.80. The van der Waals surface area contributed by atoms with Gasteiger partial charge < -0.3 is 9.88 Å². The molecule has 0 atom stereocenters. The Morgan fingerprint density at radius 3 is 2.24 bits per heavy atom. The van der Waals surface area contributed by atoms with E-state index in [1.807, 2.05) is 25.1 Å². The van der Waals surface area contributed by atoms with Crippen LogP contribution in [0.25, 0.3) is 0 Å². The molecule has 132 valence electrons. The summed E-state index contributed by atoms with van der Waals surface area (Å²) in [5, 5.41) is 0. The van der Waals surface area contributed by atoms with Gasteiger partial charge in [0.05, 0.1) is 0 Å². The fraction of sp³-hybridized carbons (Fsp3) is 0.278. The zero-order chi connectivity index (χ0) is 18.7. The summed E-state index contributed by atoms with van der Waals surface area (Å²) < 4.78 is 0. The molecule has 7 heteroatoms. The summed E-state index contributed by atoms with van der Waals surface area (Å²) in [6.07, 6.45) is 0. The second kappa shape index (κ2) is 7.21. The Morgan fingerprint density at radius 1 is 1.04 bits per heavy atom. The Hall–Kier alpha value is -3.09. The number of nitrogens with one attached hydrogen (secondary N) is 3. The van der Waals surface area contributed by atoms with Crippen LogP contribution in [0.5, 0.6) is 0 Å². The van der Waals surface area contributed by atoms with Gasteiger partial charge in [-0.2, -0.15) is 0 Å². The van der Waals surface area contributed by atoms with Crippen LogP contribution in [0.3, 0.4) is 0 Å². The predicted molar refractivity (Wildman–Crippen MR) is 96.0 cm³/mol. The van der Waals surface area contributed by atoms with E-state index in [1.54, 1.807) is 32.0 Å². The Morgan fingerprint density at radius 2 is 1.68 bits per heavy atom. The van der Waals surface area contributed by atoms with Crippen molar-refractivity contribution in [3.63, 3.8) is 0 Å². The summed E-state index contributed by atoms with van der Waals surface area (Å²) in [6, 6.07) is 7.03. The predicted octanol–water partition coefficient (Wildman–Crippen LogP) is 1.97. The molecule has 0 aliphatic carbocycles. The SMILES string of the molecule is CC(=O)c1c(C)[nH]c(C(=O)NNC(=O)c2cccc(N(C)C)c2)c1C. The number of hydrazine groups is 1. The van der Waals surface area contributed by atoms with Crippen LogP contribution in [0.4, 0.5) is 5.69 Å². The summed E-state index contributed by atoms with van der Waals surface area (Å²) in [4.78, 5) is 40.9. The van der Waals surface area contributed by atoms with Crippen LogP contribution < -0.4 is 15.8 Å². The largest absolute Gasteiger partial charge is 0.378 e. The molecule has 0 saturated heterocycles. The molecule has 0 radical (unpaired) electrons. The van der Waals surface area contributed by atoms with Crippen LogP contribution >= 0.6 is 0 Å². The van der Waals surface area contributed by atoms with E-state index in [-0.39, 0.29) is 11.5 Å². The number of rotatable bonds is 4. The third-order valence-corrected chi connectivity index (χ3v) is 3.93. The highest BCUT2D eigenvalue weighted by Gasteiger charge is 2.20. The zero-order valence-corrected chi connectivity index (χ0v) is 15.0. The van der Waals surface area contributed by atoms with Gasteiger partial charge >= 0.3 is 0 Å². The number of aromatic amines is 1. The van der Waals surface area contributed by atoms with E-state index < -0.39 is 11.8 Å². The Balaban J connectivity index is 2.10. The molecule has 1 aromatic carbocycles. The number of ketones is 1. The maximum Gasteiger partial charge on any atom is 0.286 e. The third kappa shape index (κ3) is 3.88. The van der Waals surface area contributed by atoms with E-state index in [0.29, 0.717) is 22.4 Å². The molecule has 0 bridgehead atoms. The van der Waals surface area contributed by atoms with Gasteiger partial charge in [-0.05, 0) is 44.5 Å². The second-order valence-electron chi connectivity index (χ2n) is 6.03. The minimum Gasteiger partial charge on any atom is -0.378 e. The minimum atomic E-state index is -0.509. The van der Waals surface area contributed by atoms with Gasteiger partial charge in [0, 0.05) is 36.6 Å². The van der Waals surface area contributed by atoms with Gasteiger partial charge in [0.1, 0.15) is 5.69 Å². The van der Waals surface area contributed by atoms with Gasteiger partial charge in [-0.3, -0.25) is 25.2 Å². The first-order chi connectivity index (χ1) is 11.7. The summed E-state index contributed by atoms with van der Waals surface area (Å²) in [7, 11) is 3.75. The fourth-order valence-corrected chi connectivity index (χ4v) is 2.68. The highest BCUT2D eigenvalue weighted by molar-refractivity contribution is 6.03. The van der Waals surface area contributed by atoms with Gasteiger partial charge in [0.25, 0.3) is 11.8 Å². The van der Waals surface area contributed by atoms with E-state index in [1.165, 1.54) is 6.92 Å². The maximum absolute atomic E-state index is 12.3. The number of aromatic nitrogens is 1. The molecule has 1 aromatic heterocycles. The molecule has 0 fully saturated rings. The van der Waals surface area contributed by atoms with Crippen LogP contribution in [0, 0.1) is 13.8 Å².